The Morgan fingerprint density at radius 2 is 2.19 bits per heavy atom. The van der Waals surface area contributed by atoms with Crippen molar-refractivity contribution < 1.29 is 9.90 Å². The minimum atomic E-state index is -0.220. The maximum Gasteiger partial charge on any atom is 0.320 e. The van der Waals surface area contributed by atoms with E-state index in [9.17, 15) is 4.79 Å². The summed E-state index contributed by atoms with van der Waals surface area (Å²) in [7, 11) is 1.82. The number of anilines is 1. The molecule has 0 aliphatic rings. The van der Waals surface area contributed by atoms with Crippen LogP contribution < -0.4 is 10.6 Å². The summed E-state index contributed by atoms with van der Waals surface area (Å²) in [5.74, 6) is 0.701. The van der Waals surface area contributed by atoms with E-state index in [1.54, 1.807) is 4.68 Å². The molecule has 21 heavy (non-hydrogen) atoms. The van der Waals surface area contributed by atoms with Crippen LogP contribution >= 0.6 is 0 Å². The topological polar surface area (TPSA) is 79.2 Å². The zero-order valence-electron chi connectivity index (χ0n) is 13.6. The fraction of sp³-hybridized carbons (Fsp3) is 0.733. The monoisotopic (exact) mass is 296 g/mol. The summed E-state index contributed by atoms with van der Waals surface area (Å²) in [4.78, 5) is 11.8. The minimum Gasteiger partial charge on any atom is -0.396 e. The van der Waals surface area contributed by atoms with Gasteiger partial charge in [-0.25, -0.2) is 4.79 Å². The third kappa shape index (κ3) is 6.16. The highest BCUT2D eigenvalue weighted by Crippen LogP contribution is 2.20. The van der Waals surface area contributed by atoms with Gasteiger partial charge in [0.2, 0.25) is 0 Å². The van der Waals surface area contributed by atoms with Gasteiger partial charge in [0.15, 0.2) is 0 Å². The van der Waals surface area contributed by atoms with E-state index in [1.807, 2.05) is 27.0 Å². The zero-order chi connectivity index (χ0) is 15.9. The summed E-state index contributed by atoms with van der Waals surface area (Å²) >= 11 is 0. The van der Waals surface area contributed by atoms with Crippen molar-refractivity contribution in [2.75, 3.05) is 18.5 Å². The number of hydrogen-bond donors (Lipinski definition) is 3. The van der Waals surface area contributed by atoms with Crippen LogP contribution in [-0.2, 0) is 13.5 Å². The number of urea groups is 1. The number of nitrogens with zero attached hydrogens (tertiary/aromatic N) is 2. The number of rotatable bonds is 8. The average Bonchev–Trinajstić information content (AvgIpc) is 2.75. The van der Waals surface area contributed by atoms with Gasteiger partial charge in [-0.1, -0.05) is 27.2 Å². The Labute approximate surface area is 126 Å². The quantitative estimate of drug-likeness (QED) is 0.644. The van der Waals surface area contributed by atoms with E-state index in [0.717, 1.165) is 31.4 Å². The number of carbonyl (C=O) groups excluding carboxylic acids is 1. The van der Waals surface area contributed by atoms with Crippen molar-refractivity contribution in [3.8, 4) is 0 Å². The Bertz CT molecular complexity index is 455. The number of amides is 2. The molecule has 3 N–H and O–H groups in total. The van der Waals surface area contributed by atoms with Gasteiger partial charge in [0.05, 0.1) is 5.69 Å². The van der Waals surface area contributed by atoms with Gasteiger partial charge < -0.3 is 10.4 Å². The second-order valence-electron chi connectivity index (χ2n) is 6.20. The van der Waals surface area contributed by atoms with E-state index in [0.29, 0.717) is 12.4 Å². The fourth-order valence-corrected chi connectivity index (χ4v) is 2.03. The van der Waals surface area contributed by atoms with Gasteiger partial charge in [0.25, 0.3) is 0 Å². The molecule has 0 spiro atoms. The van der Waals surface area contributed by atoms with Crippen LogP contribution in [0, 0.1) is 5.41 Å². The van der Waals surface area contributed by atoms with Crippen molar-refractivity contribution in [2.45, 2.75) is 46.5 Å². The molecule has 6 heteroatoms. The lowest BCUT2D eigenvalue weighted by Gasteiger charge is -2.21. The number of aliphatic hydroxyl groups excluding tert-OH is 1. The molecular weight excluding hydrogens is 268 g/mol. The molecule has 0 radical (unpaired) electrons. The summed E-state index contributed by atoms with van der Waals surface area (Å²) in [5, 5.41) is 19.1. The fourth-order valence-electron chi connectivity index (χ4n) is 2.03. The predicted octanol–water partition coefficient (Wildman–Crippen LogP) is 2.29. The maximum atomic E-state index is 11.8. The molecule has 6 nitrogen and oxygen atoms in total. The number of carbonyl (C=O) groups is 1. The highest BCUT2D eigenvalue weighted by molar-refractivity contribution is 5.88. The summed E-state index contributed by atoms with van der Waals surface area (Å²) in [6.07, 6.45) is 3.65. The van der Waals surface area contributed by atoms with Gasteiger partial charge in [-0.3, -0.25) is 10.00 Å². The zero-order valence-corrected chi connectivity index (χ0v) is 13.6. The van der Waals surface area contributed by atoms with E-state index in [1.165, 1.54) is 0 Å². The van der Waals surface area contributed by atoms with Crippen LogP contribution in [0.25, 0.3) is 0 Å². The lowest BCUT2D eigenvalue weighted by atomic mass is 9.89. The summed E-state index contributed by atoms with van der Waals surface area (Å²) in [5.41, 5.74) is 0.898. The standard InChI is InChI=1S/C15H28N4O2/c1-5-7-12-10-13(19(4)18-12)17-14(21)16-9-6-8-15(2,3)11-20/h10,20H,5-9,11H2,1-4H3,(H2,16,17,21). The molecule has 1 aromatic rings. The Balaban J connectivity index is 2.34. The highest BCUT2D eigenvalue weighted by atomic mass is 16.3. The molecule has 0 atom stereocenters. The largest absolute Gasteiger partial charge is 0.396 e. The smallest absolute Gasteiger partial charge is 0.320 e. The van der Waals surface area contributed by atoms with E-state index in [2.05, 4.69) is 22.7 Å². The van der Waals surface area contributed by atoms with Crippen molar-refractivity contribution in [1.29, 1.82) is 0 Å². The van der Waals surface area contributed by atoms with Crippen LogP contribution in [0.4, 0.5) is 10.6 Å². The SMILES string of the molecule is CCCc1cc(NC(=O)NCCCC(C)(C)CO)n(C)n1. The normalized spacial score (nSPS) is 11.5. The second-order valence-corrected chi connectivity index (χ2v) is 6.20. The molecule has 0 aliphatic heterocycles. The maximum absolute atomic E-state index is 11.8. The molecule has 0 aliphatic carbocycles. The van der Waals surface area contributed by atoms with Crippen LogP contribution in [0.15, 0.2) is 6.07 Å². The average molecular weight is 296 g/mol. The van der Waals surface area contributed by atoms with Gasteiger partial charge in [-0.15, -0.1) is 0 Å². The van der Waals surface area contributed by atoms with Gasteiger partial charge in [-0.05, 0) is 24.7 Å². The summed E-state index contributed by atoms with van der Waals surface area (Å²) < 4.78 is 1.68. The first kappa shape index (κ1) is 17.5. The molecule has 120 valence electrons. The predicted molar refractivity (Wildman–Crippen MR) is 84.3 cm³/mol. The summed E-state index contributed by atoms with van der Waals surface area (Å²) in [6, 6.07) is 1.68. The Morgan fingerprint density at radius 1 is 1.48 bits per heavy atom. The Kier molecular flexibility index (Phi) is 6.68. The second kappa shape index (κ2) is 8.02. The van der Waals surface area contributed by atoms with E-state index < -0.39 is 0 Å². The molecular formula is C15H28N4O2. The molecule has 0 bridgehead atoms. The van der Waals surface area contributed by atoms with Crippen molar-refractivity contribution in [3.05, 3.63) is 11.8 Å². The molecule has 0 saturated heterocycles. The van der Waals surface area contributed by atoms with Crippen molar-refractivity contribution in [2.24, 2.45) is 12.5 Å². The van der Waals surface area contributed by atoms with E-state index in [-0.39, 0.29) is 18.1 Å². The Hall–Kier alpha value is -1.56. The van der Waals surface area contributed by atoms with E-state index in [4.69, 9.17) is 5.11 Å². The van der Waals surface area contributed by atoms with Crippen LogP contribution in [0.2, 0.25) is 0 Å². The number of aliphatic hydroxyl groups is 1. The molecule has 1 heterocycles. The third-order valence-corrected chi connectivity index (χ3v) is 3.42. The first-order valence-electron chi connectivity index (χ1n) is 7.56. The van der Waals surface area contributed by atoms with Crippen LogP contribution in [0.3, 0.4) is 0 Å². The molecule has 0 fully saturated rings. The number of hydrogen-bond acceptors (Lipinski definition) is 3. The van der Waals surface area contributed by atoms with Gasteiger partial charge in [0.1, 0.15) is 5.82 Å². The summed E-state index contributed by atoms with van der Waals surface area (Å²) in [6.45, 7) is 6.88. The van der Waals surface area contributed by atoms with Crippen molar-refractivity contribution in [3.63, 3.8) is 0 Å². The molecule has 2 amide bonds. The highest BCUT2D eigenvalue weighted by Gasteiger charge is 2.15. The van der Waals surface area contributed by atoms with Gasteiger partial charge in [-0.2, -0.15) is 5.10 Å². The molecule has 0 saturated carbocycles. The third-order valence-electron chi connectivity index (χ3n) is 3.42. The van der Waals surface area contributed by atoms with Crippen LogP contribution in [0.1, 0.15) is 45.7 Å². The number of aromatic nitrogens is 2. The number of nitrogens with one attached hydrogen (secondary N) is 2. The Morgan fingerprint density at radius 3 is 2.81 bits per heavy atom. The molecule has 1 rings (SSSR count). The first-order valence-corrected chi connectivity index (χ1v) is 7.56. The van der Waals surface area contributed by atoms with Gasteiger partial charge >= 0.3 is 6.03 Å². The first-order chi connectivity index (χ1) is 9.88. The number of aryl methyl sites for hydroxylation is 2. The van der Waals surface area contributed by atoms with Crippen molar-refractivity contribution >= 4 is 11.8 Å². The van der Waals surface area contributed by atoms with Crippen LogP contribution in [-0.4, -0.2) is 34.1 Å². The lowest BCUT2D eigenvalue weighted by molar-refractivity contribution is 0.148. The minimum absolute atomic E-state index is 0.0880. The molecule has 0 unspecified atom stereocenters. The van der Waals surface area contributed by atoms with Crippen molar-refractivity contribution in [1.82, 2.24) is 15.1 Å². The molecule has 1 aromatic heterocycles. The van der Waals surface area contributed by atoms with Gasteiger partial charge in [0, 0.05) is 26.3 Å². The van der Waals surface area contributed by atoms with E-state index >= 15 is 0 Å². The van der Waals surface area contributed by atoms with Crippen LogP contribution in [0.5, 0.6) is 0 Å². The lowest BCUT2D eigenvalue weighted by Crippen LogP contribution is -2.31. The molecule has 0 aromatic carbocycles.